The van der Waals surface area contributed by atoms with Gasteiger partial charge in [-0.15, -0.1) is 0 Å². The van der Waals surface area contributed by atoms with E-state index < -0.39 is 18.1 Å². The molecule has 21 heavy (non-hydrogen) atoms. The van der Waals surface area contributed by atoms with Gasteiger partial charge in [-0.3, -0.25) is 9.59 Å². The van der Waals surface area contributed by atoms with E-state index in [9.17, 15) is 14.7 Å². The molecule has 0 aromatic heterocycles. The maximum absolute atomic E-state index is 12.2. The fourth-order valence-electron chi connectivity index (χ4n) is 2.45. The lowest BCUT2D eigenvalue weighted by atomic mass is 10.0. The highest BCUT2D eigenvalue weighted by Crippen LogP contribution is 2.32. The number of hydrogen-bond donors (Lipinski definition) is 2. The van der Waals surface area contributed by atoms with Crippen molar-refractivity contribution in [1.29, 1.82) is 0 Å². The Morgan fingerprint density at radius 1 is 1.43 bits per heavy atom. The van der Waals surface area contributed by atoms with Gasteiger partial charge in [0.1, 0.15) is 0 Å². The molecule has 0 radical (unpaired) electrons. The maximum atomic E-state index is 12.2. The number of nitrogens with one attached hydrogen (secondary N) is 1. The molecule has 1 heterocycles. The summed E-state index contributed by atoms with van der Waals surface area (Å²) in [5, 5.41) is 13.2. The molecule has 2 atom stereocenters. The summed E-state index contributed by atoms with van der Waals surface area (Å²) >= 11 is 5.85. The predicted octanol–water partition coefficient (Wildman–Crippen LogP) is 1.28. The van der Waals surface area contributed by atoms with Crippen molar-refractivity contribution in [2.24, 2.45) is 0 Å². The molecular weight excluding hydrogens is 292 g/mol. The van der Waals surface area contributed by atoms with Crippen molar-refractivity contribution >= 4 is 23.4 Å². The first kappa shape index (κ1) is 15.5. The lowest BCUT2D eigenvalue weighted by Crippen LogP contribution is -2.40. The maximum Gasteiger partial charge on any atom is 0.243 e. The molecule has 5 nitrogen and oxygen atoms in total. The lowest BCUT2D eigenvalue weighted by molar-refractivity contribution is -0.133. The smallest absolute Gasteiger partial charge is 0.243 e. The summed E-state index contributed by atoms with van der Waals surface area (Å²) < 4.78 is 0. The summed E-state index contributed by atoms with van der Waals surface area (Å²) in [4.78, 5) is 24.9. The van der Waals surface area contributed by atoms with Gasteiger partial charge in [-0.2, -0.15) is 0 Å². The molecule has 1 aliphatic heterocycles. The van der Waals surface area contributed by atoms with Gasteiger partial charge in [0.05, 0.1) is 18.7 Å². The van der Waals surface area contributed by atoms with Gasteiger partial charge in [-0.1, -0.05) is 30.3 Å². The molecule has 2 N–H and O–H groups in total. The standard InChI is InChI=1S/C15H17ClN2O3/c1-2-13(20)17-9-14(21)18-8-7-12(19)15(18)10-3-5-11(16)6-4-10/h2-6,12,15,19H,1,7-9H2,(H,17,20)/t12-,15-/m1/s1. The Morgan fingerprint density at radius 3 is 2.71 bits per heavy atom. The first-order chi connectivity index (χ1) is 10.0. The molecule has 0 saturated carbocycles. The molecule has 1 fully saturated rings. The van der Waals surface area contributed by atoms with Gasteiger partial charge in [0, 0.05) is 11.6 Å². The first-order valence-electron chi connectivity index (χ1n) is 6.66. The highest BCUT2D eigenvalue weighted by atomic mass is 35.5. The number of aliphatic hydroxyl groups is 1. The Labute approximate surface area is 128 Å². The van der Waals surface area contributed by atoms with Gasteiger partial charge in [0.15, 0.2) is 0 Å². The number of hydrogen-bond acceptors (Lipinski definition) is 3. The number of likely N-dealkylation sites (tertiary alicyclic amines) is 1. The third-order valence-electron chi connectivity index (χ3n) is 3.50. The minimum Gasteiger partial charge on any atom is -0.391 e. The summed E-state index contributed by atoms with van der Waals surface area (Å²) in [5.41, 5.74) is 0.827. The number of nitrogens with zero attached hydrogens (tertiary/aromatic N) is 1. The Balaban J connectivity index is 2.11. The SMILES string of the molecule is C=CC(=O)NCC(=O)N1CC[C@@H](O)[C@H]1c1ccc(Cl)cc1. The van der Waals surface area contributed by atoms with Gasteiger partial charge in [-0.05, 0) is 30.2 Å². The molecule has 6 heteroatoms. The van der Waals surface area contributed by atoms with Crippen LogP contribution in [0, 0.1) is 0 Å². The molecular formula is C15H17ClN2O3. The van der Waals surface area contributed by atoms with Crippen molar-refractivity contribution in [1.82, 2.24) is 10.2 Å². The van der Waals surface area contributed by atoms with E-state index >= 15 is 0 Å². The van der Waals surface area contributed by atoms with E-state index in [-0.39, 0.29) is 12.5 Å². The highest BCUT2D eigenvalue weighted by Gasteiger charge is 2.36. The molecule has 0 aliphatic carbocycles. The van der Waals surface area contributed by atoms with Crippen LogP contribution >= 0.6 is 11.6 Å². The number of carbonyl (C=O) groups is 2. The van der Waals surface area contributed by atoms with Crippen LogP contribution in [0.25, 0.3) is 0 Å². The molecule has 1 aliphatic rings. The topological polar surface area (TPSA) is 69.6 Å². The third-order valence-corrected chi connectivity index (χ3v) is 3.75. The molecule has 1 saturated heterocycles. The van der Waals surface area contributed by atoms with Gasteiger partial charge in [0.25, 0.3) is 0 Å². The van der Waals surface area contributed by atoms with E-state index in [0.29, 0.717) is 18.0 Å². The summed E-state index contributed by atoms with van der Waals surface area (Å²) in [5.74, 6) is -0.632. The van der Waals surface area contributed by atoms with E-state index in [1.165, 1.54) is 0 Å². The molecule has 0 unspecified atom stereocenters. The number of aliphatic hydroxyl groups excluding tert-OH is 1. The normalized spacial score (nSPS) is 21.1. The number of benzene rings is 1. The van der Waals surface area contributed by atoms with Crippen molar-refractivity contribution in [3.05, 3.63) is 47.5 Å². The molecule has 0 spiro atoms. The molecule has 2 amide bonds. The predicted molar refractivity (Wildman–Crippen MR) is 79.7 cm³/mol. The number of rotatable bonds is 4. The number of carbonyl (C=O) groups excluding carboxylic acids is 2. The van der Waals surface area contributed by atoms with Gasteiger partial charge < -0.3 is 15.3 Å². The monoisotopic (exact) mass is 308 g/mol. The second-order valence-corrected chi connectivity index (χ2v) is 5.30. The van der Waals surface area contributed by atoms with E-state index in [2.05, 4.69) is 11.9 Å². The zero-order valence-electron chi connectivity index (χ0n) is 11.5. The van der Waals surface area contributed by atoms with E-state index in [4.69, 9.17) is 11.6 Å². The molecule has 1 aromatic carbocycles. The van der Waals surface area contributed by atoms with Gasteiger partial charge in [0.2, 0.25) is 11.8 Å². The van der Waals surface area contributed by atoms with E-state index in [1.807, 2.05) is 0 Å². The summed E-state index contributed by atoms with van der Waals surface area (Å²) in [6, 6.07) is 6.64. The Kier molecular flexibility index (Phi) is 4.98. The van der Waals surface area contributed by atoms with Crippen molar-refractivity contribution < 1.29 is 14.7 Å². The summed E-state index contributed by atoms with van der Waals surface area (Å²) in [7, 11) is 0. The van der Waals surface area contributed by atoms with Crippen LogP contribution in [-0.2, 0) is 9.59 Å². The van der Waals surface area contributed by atoms with Crippen molar-refractivity contribution in [2.75, 3.05) is 13.1 Å². The van der Waals surface area contributed by atoms with Crippen LogP contribution in [0.1, 0.15) is 18.0 Å². The zero-order valence-corrected chi connectivity index (χ0v) is 12.2. The molecule has 2 rings (SSSR count). The minimum absolute atomic E-state index is 0.109. The van der Waals surface area contributed by atoms with Crippen LogP contribution in [0.5, 0.6) is 0 Å². The van der Waals surface area contributed by atoms with Crippen LogP contribution in [0.15, 0.2) is 36.9 Å². The quantitative estimate of drug-likeness (QED) is 0.823. The fourth-order valence-corrected chi connectivity index (χ4v) is 2.58. The average Bonchev–Trinajstić information content (AvgIpc) is 2.87. The van der Waals surface area contributed by atoms with Gasteiger partial charge >= 0.3 is 0 Å². The Morgan fingerprint density at radius 2 is 2.10 bits per heavy atom. The molecule has 1 aromatic rings. The second-order valence-electron chi connectivity index (χ2n) is 4.86. The second kappa shape index (κ2) is 6.74. The Bertz CT molecular complexity index is 544. The minimum atomic E-state index is -0.620. The summed E-state index contributed by atoms with van der Waals surface area (Å²) in [6.07, 6.45) is 1.00. The number of amides is 2. The third kappa shape index (κ3) is 3.62. The molecule has 0 bridgehead atoms. The lowest BCUT2D eigenvalue weighted by Gasteiger charge is -2.27. The van der Waals surface area contributed by atoms with Gasteiger partial charge in [-0.25, -0.2) is 0 Å². The average molecular weight is 309 g/mol. The van der Waals surface area contributed by atoms with Crippen LogP contribution in [0.2, 0.25) is 5.02 Å². The molecule has 112 valence electrons. The number of halogens is 1. The summed E-state index contributed by atoms with van der Waals surface area (Å²) in [6.45, 7) is 3.68. The van der Waals surface area contributed by atoms with Crippen molar-refractivity contribution in [2.45, 2.75) is 18.6 Å². The van der Waals surface area contributed by atoms with Crippen LogP contribution in [0.3, 0.4) is 0 Å². The van der Waals surface area contributed by atoms with Crippen molar-refractivity contribution in [3.63, 3.8) is 0 Å². The largest absolute Gasteiger partial charge is 0.391 e. The van der Waals surface area contributed by atoms with Crippen molar-refractivity contribution in [3.8, 4) is 0 Å². The van der Waals surface area contributed by atoms with Crippen LogP contribution in [0.4, 0.5) is 0 Å². The van der Waals surface area contributed by atoms with E-state index in [0.717, 1.165) is 11.6 Å². The van der Waals surface area contributed by atoms with Crippen LogP contribution in [-0.4, -0.2) is 41.0 Å². The zero-order chi connectivity index (χ0) is 15.4. The fraction of sp³-hybridized carbons (Fsp3) is 0.333. The van der Waals surface area contributed by atoms with Crippen LogP contribution < -0.4 is 5.32 Å². The van der Waals surface area contributed by atoms with E-state index in [1.54, 1.807) is 29.2 Å². The Hall–Kier alpha value is -1.85. The first-order valence-corrected chi connectivity index (χ1v) is 7.04. The highest BCUT2D eigenvalue weighted by molar-refractivity contribution is 6.30.